The summed E-state index contributed by atoms with van der Waals surface area (Å²) < 4.78 is 6.36. The van der Waals surface area contributed by atoms with Crippen molar-refractivity contribution >= 4 is 17.5 Å². The van der Waals surface area contributed by atoms with Crippen molar-refractivity contribution in [2.24, 2.45) is 5.92 Å². The van der Waals surface area contributed by atoms with Gasteiger partial charge in [0.2, 0.25) is 0 Å². The number of likely N-dealkylation sites (N-methyl/N-ethyl adjacent to an activating group) is 1. The van der Waals surface area contributed by atoms with E-state index in [2.05, 4.69) is 15.3 Å². The molecule has 1 aliphatic heterocycles. The number of fused-ring (bicyclic) bond motifs is 1. The number of aliphatic hydroxyl groups is 1. The van der Waals surface area contributed by atoms with Crippen molar-refractivity contribution in [2.75, 3.05) is 39.1 Å². The number of hydrogen-bond acceptors (Lipinski definition) is 7. The van der Waals surface area contributed by atoms with E-state index in [4.69, 9.17) is 4.74 Å². The Labute approximate surface area is 182 Å². The van der Waals surface area contributed by atoms with E-state index in [9.17, 15) is 14.7 Å². The molecule has 166 valence electrons. The largest absolute Gasteiger partial charge is 0.486 e. The number of carbonyl (C=O) groups excluding carboxylic acids is 2. The molecule has 1 aromatic heterocycles. The summed E-state index contributed by atoms with van der Waals surface area (Å²) in [7, 11) is 3.91. The van der Waals surface area contributed by atoms with Crippen molar-refractivity contribution in [3.63, 3.8) is 0 Å². The van der Waals surface area contributed by atoms with E-state index >= 15 is 0 Å². The van der Waals surface area contributed by atoms with Gasteiger partial charge in [-0.1, -0.05) is 13.0 Å². The molecule has 2 heterocycles. The Balaban J connectivity index is 2.04. The summed E-state index contributed by atoms with van der Waals surface area (Å²) in [5, 5.41) is 12.5. The maximum absolute atomic E-state index is 13.4. The normalized spacial score (nSPS) is 19.8. The summed E-state index contributed by atoms with van der Waals surface area (Å²) in [4.78, 5) is 37.7. The number of anilines is 1. The molecule has 3 atom stereocenters. The van der Waals surface area contributed by atoms with E-state index in [0.29, 0.717) is 30.1 Å². The number of rotatable bonds is 6. The molecule has 0 unspecified atom stereocenters. The maximum atomic E-state index is 13.4. The highest BCUT2D eigenvalue weighted by Gasteiger charge is 2.34. The summed E-state index contributed by atoms with van der Waals surface area (Å²) in [5.41, 5.74) is 0.884. The number of aromatic nitrogens is 2. The average molecular weight is 428 g/mol. The summed E-state index contributed by atoms with van der Waals surface area (Å²) in [5.74, 6) is -0.379. The van der Waals surface area contributed by atoms with Gasteiger partial charge in [-0.2, -0.15) is 0 Å². The molecule has 1 aromatic carbocycles. The second kappa shape index (κ2) is 9.84. The third-order valence-corrected chi connectivity index (χ3v) is 5.28. The fourth-order valence-corrected chi connectivity index (χ4v) is 3.52. The quantitative estimate of drug-likeness (QED) is 0.719. The monoisotopic (exact) mass is 427 g/mol. The van der Waals surface area contributed by atoms with Crippen LogP contribution < -0.4 is 10.1 Å². The van der Waals surface area contributed by atoms with Crippen LogP contribution in [0, 0.1) is 5.92 Å². The van der Waals surface area contributed by atoms with Crippen molar-refractivity contribution in [1.82, 2.24) is 19.8 Å². The molecule has 0 radical (unpaired) electrons. The van der Waals surface area contributed by atoms with Gasteiger partial charge in [0, 0.05) is 31.4 Å². The number of para-hydroxylation sites is 1. The lowest BCUT2D eigenvalue weighted by atomic mass is 9.99. The first-order chi connectivity index (χ1) is 14.8. The van der Waals surface area contributed by atoms with Crippen LogP contribution in [0.2, 0.25) is 0 Å². The highest BCUT2D eigenvalue weighted by Crippen LogP contribution is 2.35. The molecule has 31 heavy (non-hydrogen) atoms. The van der Waals surface area contributed by atoms with Gasteiger partial charge in [-0.25, -0.2) is 4.98 Å². The van der Waals surface area contributed by atoms with Crippen LogP contribution in [-0.2, 0) is 0 Å². The molecule has 0 spiro atoms. The Bertz CT molecular complexity index is 921. The Morgan fingerprint density at radius 2 is 2.16 bits per heavy atom. The molecule has 0 aliphatic carbocycles. The summed E-state index contributed by atoms with van der Waals surface area (Å²) in [6.45, 7) is 4.77. The van der Waals surface area contributed by atoms with E-state index in [-0.39, 0.29) is 36.3 Å². The Morgan fingerprint density at radius 1 is 1.39 bits per heavy atom. The second-order valence-corrected chi connectivity index (χ2v) is 8.11. The minimum Gasteiger partial charge on any atom is -0.486 e. The van der Waals surface area contributed by atoms with Gasteiger partial charge in [0.15, 0.2) is 5.75 Å². The maximum Gasteiger partial charge on any atom is 0.275 e. The number of benzene rings is 1. The van der Waals surface area contributed by atoms with Crippen LogP contribution in [0.25, 0.3) is 0 Å². The molecule has 3 rings (SSSR count). The zero-order valence-electron chi connectivity index (χ0n) is 18.3. The molecule has 9 nitrogen and oxygen atoms in total. The van der Waals surface area contributed by atoms with Crippen molar-refractivity contribution < 1.29 is 19.4 Å². The van der Waals surface area contributed by atoms with Gasteiger partial charge < -0.3 is 25.0 Å². The Kier molecular flexibility index (Phi) is 7.19. The smallest absolute Gasteiger partial charge is 0.275 e. The van der Waals surface area contributed by atoms with Gasteiger partial charge >= 0.3 is 0 Å². The molecule has 0 bridgehead atoms. The molecular formula is C22H29N5O4. The lowest BCUT2D eigenvalue weighted by Gasteiger charge is -2.38. The summed E-state index contributed by atoms with van der Waals surface area (Å²) in [6.07, 6.45) is 4.06. The topological polar surface area (TPSA) is 108 Å². The van der Waals surface area contributed by atoms with Gasteiger partial charge in [-0.15, -0.1) is 0 Å². The first-order valence-corrected chi connectivity index (χ1v) is 10.2. The summed E-state index contributed by atoms with van der Waals surface area (Å²) in [6, 6.07) is 4.72. The van der Waals surface area contributed by atoms with Crippen LogP contribution in [0.5, 0.6) is 5.75 Å². The van der Waals surface area contributed by atoms with Crippen molar-refractivity contribution in [3.05, 3.63) is 48.0 Å². The zero-order chi connectivity index (χ0) is 22.5. The van der Waals surface area contributed by atoms with E-state index in [0.717, 1.165) is 0 Å². The van der Waals surface area contributed by atoms with Gasteiger partial charge in [0.25, 0.3) is 11.8 Å². The fourth-order valence-electron chi connectivity index (χ4n) is 3.52. The standard InChI is InChI=1S/C22H29N5O4/c1-14-11-27(15(2)13-28)22(30)16-6-5-7-17(20(16)31-19(14)12-26(3)4)25-21(29)18-10-23-8-9-24-18/h5-10,14-15,19,28H,11-13H2,1-4H3,(H,25,29)/t14-,15+,19-/m0/s1. The molecule has 2 aromatic rings. The minimum atomic E-state index is -0.447. The molecular weight excluding hydrogens is 398 g/mol. The number of hydrogen-bond donors (Lipinski definition) is 2. The lowest BCUT2D eigenvalue weighted by molar-refractivity contribution is 0.0365. The number of amides is 2. The molecule has 0 fully saturated rings. The highest BCUT2D eigenvalue weighted by atomic mass is 16.5. The Hall–Kier alpha value is -3.04. The number of nitrogens with one attached hydrogen (secondary N) is 1. The van der Waals surface area contributed by atoms with E-state index in [1.165, 1.54) is 18.6 Å². The molecule has 1 aliphatic rings. The number of aliphatic hydroxyl groups excluding tert-OH is 1. The first-order valence-electron chi connectivity index (χ1n) is 10.2. The van der Waals surface area contributed by atoms with Gasteiger partial charge in [-0.3, -0.25) is 14.6 Å². The fraction of sp³-hybridized carbons (Fsp3) is 0.455. The average Bonchev–Trinajstić information content (AvgIpc) is 2.76. The van der Waals surface area contributed by atoms with E-state index in [1.807, 2.05) is 32.8 Å². The number of ether oxygens (including phenoxy) is 1. The van der Waals surface area contributed by atoms with Gasteiger partial charge in [0.1, 0.15) is 11.8 Å². The lowest BCUT2D eigenvalue weighted by Crippen LogP contribution is -2.49. The van der Waals surface area contributed by atoms with Gasteiger partial charge in [-0.05, 0) is 33.2 Å². The van der Waals surface area contributed by atoms with Crippen LogP contribution in [-0.4, -0.2) is 82.6 Å². The second-order valence-electron chi connectivity index (χ2n) is 8.11. The SMILES string of the molecule is C[C@H](CO)N1C[C@H](C)[C@H](CN(C)C)Oc2c(NC(=O)c3cnccn3)cccc2C1=O. The Morgan fingerprint density at radius 3 is 2.81 bits per heavy atom. The predicted octanol–water partition coefficient (Wildman–Crippen LogP) is 1.51. The highest BCUT2D eigenvalue weighted by molar-refractivity contribution is 6.06. The first kappa shape index (κ1) is 22.6. The molecule has 2 N–H and O–H groups in total. The van der Waals surface area contributed by atoms with Crippen LogP contribution >= 0.6 is 0 Å². The zero-order valence-corrected chi connectivity index (χ0v) is 18.3. The van der Waals surface area contributed by atoms with Crippen LogP contribution in [0.4, 0.5) is 5.69 Å². The molecule has 9 heteroatoms. The number of carbonyl (C=O) groups is 2. The molecule has 0 saturated carbocycles. The third-order valence-electron chi connectivity index (χ3n) is 5.28. The van der Waals surface area contributed by atoms with Crippen molar-refractivity contribution in [3.8, 4) is 5.75 Å². The summed E-state index contributed by atoms with van der Waals surface area (Å²) >= 11 is 0. The third kappa shape index (κ3) is 5.18. The van der Waals surface area contributed by atoms with E-state index < -0.39 is 5.91 Å². The number of nitrogens with zero attached hydrogens (tertiary/aromatic N) is 4. The van der Waals surface area contributed by atoms with Gasteiger partial charge in [0.05, 0.1) is 30.1 Å². The van der Waals surface area contributed by atoms with Crippen molar-refractivity contribution in [2.45, 2.75) is 26.0 Å². The van der Waals surface area contributed by atoms with Crippen LogP contribution in [0.15, 0.2) is 36.8 Å². The molecule has 2 amide bonds. The van der Waals surface area contributed by atoms with Crippen LogP contribution in [0.3, 0.4) is 0 Å². The molecule has 0 saturated heterocycles. The van der Waals surface area contributed by atoms with Crippen LogP contribution in [0.1, 0.15) is 34.7 Å². The van der Waals surface area contributed by atoms with Crippen molar-refractivity contribution in [1.29, 1.82) is 0 Å². The van der Waals surface area contributed by atoms with E-state index in [1.54, 1.807) is 23.1 Å². The minimum absolute atomic E-state index is 0.00255. The predicted molar refractivity (Wildman–Crippen MR) is 116 cm³/mol.